The Morgan fingerprint density at radius 1 is 0.732 bits per heavy atom. The van der Waals surface area contributed by atoms with Crippen molar-refractivity contribution in [1.29, 1.82) is 0 Å². The molecule has 3 amide bonds. The quantitative estimate of drug-likeness (QED) is 0.122. The summed E-state index contributed by atoms with van der Waals surface area (Å²) in [5.74, 6) is 0.713. The molecular formula is C47H58N4O5. The molecular weight excluding hydrogens is 701 g/mol. The first kappa shape index (κ1) is 39.7. The van der Waals surface area contributed by atoms with Gasteiger partial charge in [0.15, 0.2) is 6.29 Å². The van der Waals surface area contributed by atoms with Crippen molar-refractivity contribution >= 4 is 11.9 Å². The average molecular weight is 759 g/mol. The fourth-order valence-corrected chi connectivity index (χ4v) is 8.74. The Morgan fingerprint density at radius 2 is 1.43 bits per heavy atom. The topological polar surface area (TPSA) is 112 Å². The van der Waals surface area contributed by atoms with Crippen LogP contribution in [0, 0.1) is 5.92 Å². The van der Waals surface area contributed by atoms with Crippen LogP contribution in [0.1, 0.15) is 106 Å². The highest BCUT2D eigenvalue weighted by atomic mass is 16.7. The number of rotatable bonds is 11. The molecule has 3 aliphatic rings. The molecule has 0 bridgehead atoms. The molecule has 9 nitrogen and oxygen atoms in total. The smallest absolute Gasteiger partial charge is 0.315 e. The molecule has 296 valence electrons. The van der Waals surface area contributed by atoms with Crippen molar-refractivity contribution in [3.05, 3.63) is 131 Å². The monoisotopic (exact) mass is 758 g/mol. The molecule has 1 aliphatic carbocycles. The van der Waals surface area contributed by atoms with Gasteiger partial charge < -0.3 is 30.5 Å². The molecule has 4 aromatic rings. The number of hydrogen-bond acceptors (Lipinski definition) is 6. The third kappa shape index (κ3) is 10.2. The Balaban J connectivity index is 1.10. The van der Waals surface area contributed by atoms with Crippen molar-refractivity contribution in [3.8, 4) is 11.1 Å². The van der Waals surface area contributed by atoms with E-state index in [9.17, 15) is 14.7 Å². The summed E-state index contributed by atoms with van der Waals surface area (Å²) in [6.07, 6.45) is 6.35. The van der Waals surface area contributed by atoms with E-state index in [1.165, 1.54) is 19.3 Å². The summed E-state index contributed by atoms with van der Waals surface area (Å²) in [4.78, 5) is 28.9. The summed E-state index contributed by atoms with van der Waals surface area (Å²) in [5, 5.41) is 18.9. The normalized spacial score (nSPS) is 24.1. The van der Waals surface area contributed by atoms with Crippen LogP contribution in [0.15, 0.2) is 103 Å². The molecule has 3 fully saturated rings. The molecule has 1 saturated carbocycles. The number of hydrogen-bond donors (Lipinski definition) is 4. The maximum absolute atomic E-state index is 13.9. The maximum Gasteiger partial charge on any atom is 0.315 e. The van der Waals surface area contributed by atoms with Gasteiger partial charge in [-0.15, -0.1) is 0 Å². The second kappa shape index (κ2) is 18.2. The maximum atomic E-state index is 13.9. The minimum atomic E-state index is -0.622. The van der Waals surface area contributed by atoms with Crippen molar-refractivity contribution in [3.63, 3.8) is 0 Å². The van der Waals surface area contributed by atoms with Gasteiger partial charge in [0.05, 0.1) is 24.9 Å². The number of likely N-dealkylation sites (tertiary alicyclic amines) is 1. The minimum Gasteiger partial charge on any atom is -0.392 e. The lowest BCUT2D eigenvalue weighted by atomic mass is 9.75. The molecule has 7 rings (SSSR count). The zero-order valence-corrected chi connectivity index (χ0v) is 33.1. The van der Waals surface area contributed by atoms with Crippen LogP contribution in [-0.4, -0.2) is 52.2 Å². The van der Waals surface area contributed by atoms with E-state index in [4.69, 9.17) is 9.47 Å². The number of nitrogens with zero attached hydrogens (tertiary/aromatic N) is 1. The molecule has 4 N–H and O–H groups in total. The van der Waals surface area contributed by atoms with Crippen molar-refractivity contribution in [2.75, 3.05) is 6.54 Å². The SMILES string of the molecule is CC(C)(C)NC(=O)[C@H]1CC[C@H]2CCCC[C@H]2N1C[C@@H]1C[C@H](c2ccc(CO)cc2)O[C@H](c2cccc(-c3cccc(CNC(=O)NCc4ccccc4)c3)c2)O1. The summed E-state index contributed by atoms with van der Waals surface area (Å²) in [6, 6.07) is 34.3. The minimum absolute atomic E-state index is 0.0127. The largest absolute Gasteiger partial charge is 0.392 e. The number of urea groups is 1. The highest BCUT2D eigenvalue weighted by Crippen LogP contribution is 2.42. The van der Waals surface area contributed by atoms with Crippen molar-refractivity contribution in [2.45, 2.75) is 122 Å². The Morgan fingerprint density at radius 3 is 2.18 bits per heavy atom. The van der Waals surface area contributed by atoms with Gasteiger partial charge in [0, 0.05) is 43.2 Å². The van der Waals surface area contributed by atoms with E-state index >= 15 is 0 Å². The molecule has 0 unspecified atom stereocenters. The lowest BCUT2D eigenvalue weighted by Crippen LogP contribution is -2.61. The highest BCUT2D eigenvalue weighted by Gasteiger charge is 2.44. The zero-order valence-electron chi connectivity index (χ0n) is 33.1. The van der Waals surface area contributed by atoms with E-state index in [1.807, 2.05) is 93.6 Å². The third-order valence-electron chi connectivity index (χ3n) is 11.5. The summed E-state index contributed by atoms with van der Waals surface area (Å²) >= 11 is 0. The van der Waals surface area contributed by atoms with Crippen LogP contribution >= 0.6 is 0 Å². The van der Waals surface area contributed by atoms with E-state index in [0.717, 1.165) is 58.2 Å². The van der Waals surface area contributed by atoms with Crippen LogP contribution in [0.3, 0.4) is 0 Å². The first-order chi connectivity index (χ1) is 27.1. The number of carbonyl (C=O) groups excluding carboxylic acids is 2. The van der Waals surface area contributed by atoms with Crippen molar-refractivity contribution in [2.24, 2.45) is 5.92 Å². The molecule has 2 aliphatic heterocycles. The predicted octanol–water partition coefficient (Wildman–Crippen LogP) is 8.33. The van der Waals surface area contributed by atoms with Crippen LogP contribution in [-0.2, 0) is 34.0 Å². The molecule has 2 heterocycles. The molecule has 0 radical (unpaired) electrons. The van der Waals surface area contributed by atoms with Gasteiger partial charge >= 0.3 is 6.03 Å². The third-order valence-corrected chi connectivity index (χ3v) is 11.5. The van der Waals surface area contributed by atoms with Gasteiger partial charge in [0.25, 0.3) is 0 Å². The first-order valence-electron chi connectivity index (χ1n) is 20.4. The van der Waals surface area contributed by atoms with Crippen LogP contribution in [0.5, 0.6) is 0 Å². The lowest BCUT2D eigenvalue weighted by Gasteiger charge is -2.50. The Labute approximate surface area is 332 Å². The van der Waals surface area contributed by atoms with Gasteiger partial charge in [-0.05, 0) is 97.9 Å². The van der Waals surface area contributed by atoms with Gasteiger partial charge in [0.1, 0.15) is 0 Å². The van der Waals surface area contributed by atoms with E-state index in [1.54, 1.807) is 0 Å². The van der Waals surface area contributed by atoms with E-state index in [0.29, 0.717) is 38.0 Å². The van der Waals surface area contributed by atoms with Crippen LogP contribution in [0.25, 0.3) is 11.1 Å². The number of benzene rings is 4. The first-order valence-corrected chi connectivity index (χ1v) is 20.4. The van der Waals surface area contributed by atoms with Crippen molar-refractivity contribution in [1.82, 2.24) is 20.9 Å². The van der Waals surface area contributed by atoms with Crippen LogP contribution in [0.2, 0.25) is 0 Å². The number of piperidine rings is 1. The second-order valence-corrected chi connectivity index (χ2v) is 16.8. The van der Waals surface area contributed by atoms with E-state index < -0.39 is 6.29 Å². The summed E-state index contributed by atoms with van der Waals surface area (Å²) in [6.45, 7) is 7.65. The molecule has 0 spiro atoms. The molecule has 2 saturated heterocycles. The van der Waals surface area contributed by atoms with Crippen molar-refractivity contribution < 1.29 is 24.2 Å². The fourth-order valence-electron chi connectivity index (χ4n) is 8.74. The number of carbonyl (C=O) groups is 2. The van der Waals surface area contributed by atoms with E-state index in [2.05, 4.69) is 51.2 Å². The molecule has 4 aromatic carbocycles. The Kier molecular flexibility index (Phi) is 12.9. The highest BCUT2D eigenvalue weighted by molar-refractivity contribution is 5.82. The Hall–Kier alpha value is -4.54. The number of ether oxygens (including phenoxy) is 2. The number of nitrogens with one attached hydrogen (secondary N) is 3. The van der Waals surface area contributed by atoms with E-state index in [-0.39, 0.29) is 42.3 Å². The lowest BCUT2D eigenvalue weighted by molar-refractivity contribution is -0.255. The second-order valence-electron chi connectivity index (χ2n) is 16.8. The molecule has 6 atom stereocenters. The fraction of sp³-hybridized carbons (Fsp3) is 0.447. The number of fused-ring (bicyclic) bond motifs is 1. The molecule has 56 heavy (non-hydrogen) atoms. The Bertz CT molecular complexity index is 1910. The van der Waals surface area contributed by atoms with Gasteiger partial charge in [-0.2, -0.15) is 0 Å². The molecule has 9 heteroatoms. The average Bonchev–Trinajstić information content (AvgIpc) is 3.22. The van der Waals surface area contributed by atoms with Crippen LogP contribution in [0.4, 0.5) is 4.79 Å². The summed E-state index contributed by atoms with van der Waals surface area (Å²) in [5.41, 5.74) is 6.61. The molecule has 0 aromatic heterocycles. The number of aliphatic hydroxyl groups is 1. The van der Waals surface area contributed by atoms with Crippen LogP contribution < -0.4 is 16.0 Å². The zero-order chi connectivity index (χ0) is 39.1. The predicted molar refractivity (Wildman–Crippen MR) is 219 cm³/mol. The van der Waals surface area contributed by atoms with Gasteiger partial charge in [0.2, 0.25) is 5.91 Å². The number of amides is 3. The van der Waals surface area contributed by atoms with Gasteiger partial charge in [-0.3, -0.25) is 9.69 Å². The van der Waals surface area contributed by atoms with Gasteiger partial charge in [-0.1, -0.05) is 104 Å². The summed E-state index contributed by atoms with van der Waals surface area (Å²) < 4.78 is 13.7. The summed E-state index contributed by atoms with van der Waals surface area (Å²) in [7, 11) is 0. The standard InChI is InChI=1S/C47H58N4O5/c1-47(2,3)50-44(53)42-24-23-35-14-7-8-18-41(35)51(42)30-40-27-43(36-21-19-33(31-52)20-22-36)56-45(55-40)39-17-10-16-38(26-39)37-15-9-13-34(25-37)29-49-46(54)48-28-32-11-5-4-6-12-32/h4-6,9-13,15-17,19-22,25-26,35,40-43,45,52H,7-8,14,18,23-24,27-31H2,1-3H3,(H,50,53)(H2,48,49,54)/t35-,40+,41-,42-,43-,45-/m1/s1. The number of aliphatic hydroxyl groups excluding tert-OH is 1. The van der Waals surface area contributed by atoms with Gasteiger partial charge in [-0.25, -0.2) is 4.79 Å².